The lowest BCUT2D eigenvalue weighted by Gasteiger charge is -2.15. The van der Waals surface area contributed by atoms with E-state index in [1.165, 1.54) is 0 Å². The molecule has 0 aliphatic carbocycles. The minimum atomic E-state index is 0.0593. The lowest BCUT2D eigenvalue weighted by atomic mass is 10.0. The topological polar surface area (TPSA) is 22.4 Å². The standard InChI is InChI=1S/C15H16Br2O2/c1-4-18-14-6-5-11(16)8-13(14)15(17)12-7-9(2)19-10(12)3/h5-8,15H,4H2,1-3H3. The number of ether oxygens (including phenoxy) is 1. The van der Waals surface area contributed by atoms with Gasteiger partial charge in [0.2, 0.25) is 0 Å². The van der Waals surface area contributed by atoms with Crippen molar-refractivity contribution in [3.8, 4) is 5.75 Å². The monoisotopic (exact) mass is 386 g/mol. The third-order valence-electron chi connectivity index (χ3n) is 2.90. The first-order valence-electron chi connectivity index (χ1n) is 6.16. The van der Waals surface area contributed by atoms with Crippen LogP contribution < -0.4 is 4.74 Å². The molecule has 0 saturated heterocycles. The molecule has 0 saturated carbocycles. The SMILES string of the molecule is CCOc1ccc(Br)cc1C(Br)c1cc(C)oc1C. The van der Waals surface area contributed by atoms with Gasteiger partial charge >= 0.3 is 0 Å². The van der Waals surface area contributed by atoms with Gasteiger partial charge in [-0.15, -0.1) is 0 Å². The first-order valence-corrected chi connectivity index (χ1v) is 7.87. The largest absolute Gasteiger partial charge is 0.494 e. The second kappa shape index (κ2) is 6.14. The third kappa shape index (κ3) is 3.23. The van der Waals surface area contributed by atoms with Crippen LogP contribution in [0.15, 0.2) is 33.2 Å². The molecule has 1 heterocycles. The fourth-order valence-electron chi connectivity index (χ4n) is 2.07. The molecule has 0 radical (unpaired) electrons. The summed E-state index contributed by atoms with van der Waals surface area (Å²) in [5.74, 6) is 2.75. The van der Waals surface area contributed by atoms with E-state index in [0.717, 1.165) is 32.9 Å². The molecule has 0 fully saturated rings. The van der Waals surface area contributed by atoms with Crippen LogP contribution in [0.2, 0.25) is 0 Å². The lowest BCUT2D eigenvalue weighted by Crippen LogP contribution is -2.00. The normalized spacial score (nSPS) is 12.5. The van der Waals surface area contributed by atoms with E-state index in [9.17, 15) is 0 Å². The van der Waals surface area contributed by atoms with E-state index in [1.807, 2.05) is 32.9 Å². The number of halogens is 2. The van der Waals surface area contributed by atoms with Crippen molar-refractivity contribution in [2.24, 2.45) is 0 Å². The quantitative estimate of drug-likeness (QED) is 0.642. The molecule has 1 aromatic carbocycles. The molecule has 1 unspecified atom stereocenters. The summed E-state index contributed by atoms with van der Waals surface area (Å²) in [6.45, 7) is 6.58. The molecule has 4 heteroatoms. The highest BCUT2D eigenvalue weighted by atomic mass is 79.9. The average Bonchev–Trinajstić information content (AvgIpc) is 2.70. The highest BCUT2D eigenvalue weighted by Gasteiger charge is 2.20. The summed E-state index contributed by atoms with van der Waals surface area (Å²) in [6, 6.07) is 8.11. The van der Waals surface area contributed by atoms with Crippen LogP contribution >= 0.6 is 31.9 Å². The van der Waals surface area contributed by atoms with E-state index in [0.29, 0.717) is 6.61 Å². The fourth-order valence-corrected chi connectivity index (χ4v) is 3.27. The molecule has 0 aliphatic heterocycles. The minimum Gasteiger partial charge on any atom is -0.494 e. The van der Waals surface area contributed by atoms with E-state index in [2.05, 4.69) is 44.0 Å². The van der Waals surface area contributed by atoms with E-state index < -0.39 is 0 Å². The van der Waals surface area contributed by atoms with Crippen LogP contribution in [0.3, 0.4) is 0 Å². The van der Waals surface area contributed by atoms with Gasteiger partial charge < -0.3 is 9.15 Å². The first kappa shape index (κ1) is 14.7. The van der Waals surface area contributed by atoms with Crippen LogP contribution in [-0.4, -0.2) is 6.61 Å². The molecule has 1 atom stereocenters. The van der Waals surface area contributed by atoms with E-state index in [-0.39, 0.29) is 4.83 Å². The molecule has 19 heavy (non-hydrogen) atoms. The van der Waals surface area contributed by atoms with Gasteiger partial charge in [0, 0.05) is 15.6 Å². The summed E-state index contributed by atoms with van der Waals surface area (Å²) in [7, 11) is 0. The lowest BCUT2D eigenvalue weighted by molar-refractivity contribution is 0.337. The second-order valence-electron chi connectivity index (χ2n) is 4.35. The molecule has 102 valence electrons. The van der Waals surface area contributed by atoms with Crippen molar-refractivity contribution in [1.29, 1.82) is 0 Å². The van der Waals surface area contributed by atoms with Gasteiger partial charge in [-0.25, -0.2) is 0 Å². The Morgan fingerprint density at radius 1 is 1.21 bits per heavy atom. The Bertz CT molecular complexity index is 576. The molecule has 2 rings (SSSR count). The smallest absolute Gasteiger partial charge is 0.124 e. The molecular formula is C15H16Br2O2. The van der Waals surface area contributed by atoms with Gasteiger partial charge in [-0.1, -0.05) is 31.9 Å². The summed E-state index contributed by atoms with van der Waals surface area (Å²) in [5.41, 5.74) is 2.23. The number of rotatable bonds is 4. The van der Waals surface area contributed by atoms with Crippen molar-refractivity contribution in [3.05, 3.63) is 51.4 Å². The van der Waals surface area contributed by atoms with Crippen molar-refractivity contribution in [3.63, 3.8) is 0 Å². The van der Waals surface area contributed by atoms with Gasteiger partial charge in [0.25, 0.3) is 0 Å². The van der Waals surface area contributed by atoms with Crippen LogP contribution in [0.25, 0.3) is 0 Å². The Labute approximate surface area is 130 Å². The number of benzene rings is 1. The van der Waals surface area contributed by atoms with Crippen LogP contribution in [0.5, 0.6) is 5.75 Å². The number of hydrogen-bond donors (Lipinski definition) is 0. The maximum absolute atomic E-state index is 5.70. The highest BCUT2D eigenvalue weighted by molar-refractivity contribution is 9.10. The molecule has 2 nitrogen and oxygen atoms in total. The molecule has 2 aromatic rings. The Kier molecular flexibility index (Phi) is 4.74. The number of alkyl halides is 1. The van der Waals surface area contributed by atoms with Gasteiger partial charge in [-0.05, 0) is 45.0 Å². The van der Waals surface area contributed by atoms with Gasteiger partial charge in [0.15, 0.2) is 0 Å². The Morgan fingerprint density at radius 2 is 1.95 bits per heavy atom. The van der Waals surface area contributed by atoms with Crippen LogP contribution in [0.1, 0.15) is 34.4 Å². The van der Waals surface area contributed by atoms with Gasteiger partial charge in [0.1, 0.15) is 17.3 Å². The van der Waals surface area contributed by atoms with Crippen molar-refractivity contribution < 1.29 is 9.15 Å². The zero-order chi connectivity index (χ0) is 14.0. The number of furan rings is 1. The molecule has 1 aromatic heterocycles. The molecular weight excluding hydrogens is 372 g/mol. The van der Waals surface area contributed by atoms with Crippen molar-refractivity contribution in [2.45, 2.75) is 25.6 Å². The van der Waals surface area contributed by atoms with Gasteiger partial charge in [-0.2, -0.15) is 0 Å². The van der Waals surface area contributed by atoms with Crippen molar-refractivity contribution in [1.82, 2.24) is 0 Å². The summed E-state index contributed by atoms with van der Waals surface area (Å²) in [6.07, 6.45) is 0. The van der Waals surface area contributed by atoms with Crippen LogP contribution in [0.4, 0.5) is 0 Å². The van der Waals surface area contributed by atoms with Crippen LogP contribution in [0, 0.1) is 13.8 Å². The van der Waals surface area contributed by atoms with Gasteiger partial charge in [-0.3, -0.25) is 0 Å². The second-order valence-corrected chi connectivity index (χ2v) is 6.18. The van der Waals surface area contributed by atoms with E-state index >= 15 is 0 Å². The Hall–Kier alpha value is -0.740. The first-order chi connectivity index (χ1) is 9.02. The summed E-state index contributed by atoms with van der Waals surface area (Å²) in [4.78, 5) is 0.0593. The van der Waals surface area contributed by atoms with Gasteiger partial charge in [0.05, 0.1) is 11.4 Å². The zero-order valence-electron chi connectivity index (χ0n) is 11.2. The molecule has 0 spiro atoms. The predicted octanol–water partition coefficient (Wildman–Crippen LogP) is 5.54. The summed E-state index contributed by atoms with van der Waals surface area (Å²) >= 11 is 7.26. The van der Waals surface area contributed by atoms with E-state index in [1.54, 1.807) is 0 Å². The number of hydrogen-bond acceptors (Lipinski definition) is 2. The summed E-state index contributed by atoms with van der Waals surface area (Å²) < 4.78 is 12.3. The minimum absolute atomic E-state index is 0.0593. The third-order valence-corrected chi connectivity index (χ3v) is 4.38. The zero-order valence-corrected chi connectivity index (χ0v) is 14.3. The highest BCUT2D eigenvalue weighted by Crippen LogP contribution is 2.40. The van der Waals surface area contributed by atoms with Crippen molar-refractivity contribution >= 4 is 31.9 Å². The predicted molar refractivity (Wildman–Crippen MR) is 84.3 cm³/mol. The average molecular weight is 388 g/mol. The Morgan fingerprint density at radius 3 is 2.53 bits per heavy atom. The van der Waals surface area contributed by atoms with E-state index in [4.69, 9.17) is 9.15 Å². The molecule has 0 N–H and O–H groups in total. The fraction of sp³-hybridized carbons (Fsp3) is 0.333. The maximum atomic E-state index is 5.70. The summed E-state index contributed by atoms with van der Waals surface area (Å²) in [5, 5.41) is 0. The molecule has 0 bridgehead atoms. The van der Waals surface area contributed by atoms with Crippen molar-refractivity contribution in [2.75, 3.05) is 6.61 Å². The maximum Gasteiger partial charge on any atom is 0.124 e. The molecule has 0 amide bonds. The molecule has 0 aliphatic rings. The number of aryl methyl sites for hydroxylation is 2. The Balaban J connectivity index is 2.45. The van der Waals surface area contributed by atoms with Crippen LogP contribution in [-0.2, 0) is 0 Å².